The lowest BCUT2D eigenvalue weighted by molar-refractivity contribution is 0.0313. The van der Waals surface area contributed by atoms with Crippen LogP contribution in [0.1, 0.15) is 39.1 Å². The van der Waals surface area contributed by atoms with Crippen LogP contribution in [0, 0.1) is 6.92 Å². The Kier molecular flexibility index (Phi) is 4.07. The first kappa shape index (κ1) is 15.3. The number of nitrogens with zero attached hydrogens (tertiary/aromatic N) is 2. The Morgan fingerprint density at radius 1 is 1.30 bits per heavy atom. The monoisotopic (exact) mass is 277 g/mol. The van der Waals surface area contributed by atoms with Gasteiger partial charge in [0.1, 0.15) is 5.75 Å². The van der Waals surface area contributed by atoms with Crippen molar-refractivity contribution in [2.24, 2.45) is 0 Å². The van der Waals surface area contributed by atoms with E-state index in [2.05, 4.69) is 42.9 Å². The summed E-state index contributed by atoms with van der Waals surface area (Å²) < 4.78 is 5.35. The first-order chi connectivity index (χ1) is 9.22. The second kappa shape index (κ2) is 5.34. The quantitative estimate of drug-likeness (QED) is 0.920. The molecule has 0 atom stereocenters. The van der Waals surface area contributed by atoms with Crippen molar-refractivity contribution in [3.05, 3.63) is 23.5 Å². The molecule has 1 N–H and O–H groups in total. The summed E-state index contributed by atoms with van der Waals surface area (Å²) in [7, 11) is 1.70. The summed E-state index contributed by atoms with van der Waals surface area (Å²) in [4.78, 5) is 7.15. The van der Waals surface area contributed by atoms with Crippen LogP contribution < -0.4 is 10.1 Å². The van der Waals surface area contributed by atoms with Crippen LogP contribution in [-0.2, 0) is 6.54 Å². The molecule has 4 heteroatoms. The summed E-state index contributed by atoms with van der Waals surface area (Å²) >= 11 is 0. The van der Waals surface area contributed by atoms with E-state index in [9.17, 15) is 0 Å². The Morgan fingerprint density at radius 3 is 2.65 bits per heavy atom. The van der Waals surface area contributed by atoms with Gasteiger partial charge >= 0.3 is 0 Å². The van der Waals surface area contributed by atoms with Crippen LogP contribution in [0.25, 0.3) is 0 Å². The molecule has 0 aromatic carbocycles. The van der Waals surface area contributed by atoms with E-state index in [-0.39, 0.29) is 11.1 Å². The van der Waals surface area contributed by atoms with Gasteiger partial charge in [0.25, 0.3) is 0 Å². The van der Waals surface area contributed by atoms with Crippen molar-refractivity contribution in [3.63, 3.8) is 0 Å². The van der Waals surface area contributed by atoms with Crippen LogP contribution >= 0.6 is 0 Å². The highest BCUT2D eigenvalue weighted by Gasteiger charge is 2.37. The molecule has 0 amide bonds. The van der Waals surface area contributed by atoms with Gasteiger partial charge in [0.05, 0.1) is 12.8 Å². The molecule has 112 valence electrons. The van der Waals surface area contributed by atoms with E-state index >= 15 is 0 Å². The summed E-state index contributed by atoms with van der Waals surface area (Å²) in [5.74, 6) is 0.889. The summed E-state index contributed by atoms with van der Waals surface area (Å²) in [5.41, 5.74) is 2.36. The molecule has 1 aromatic heterocycles. The number of piperazine rings is 1. The van der Waals surface area contributed by atoms with Gasteiger partial charge < -0.3 is 10.1 Å². The highest BCUT2D eigenvalue weighted by atomic mass is 16.5. The zero-order valence-corrected chi connectivity index (χ0v) is 13.6. The molecule has 0 spiro atoms. The molecule has 1 aliphatic rings. The van der Waals surface area contributed by atoms with Crippen LogP contribution in [-0.4, -0.2) is 41.2 Å². The van der Waals surface area contributed by atoms with Gasteiger partial charge in [-0.25, -0.2) is 0 Å². The minimum absolute atomic E-state index is 0.133. The second-order valence-electron chi connectivity index (χ2n) is 7.05. The van der Waals surface area contributed by atoms with Gasteiger partial charge in [0.2, 0.25) is 0 Å². The highest BCUT2D eigenvalue weighted by Crippen LogP contribution is 2.26. The average Bonchev–Trinajstić information content (AvgIpc) is 2.33. The van der Waals surface area contributed by atoms with E-state index < -0.39 is 0 Å². The fourth-order valence-corrected chi connectivity index (χ4v) is 2.68. The van der Waals surface area contributed by atoms with E-state index in [1.165, 1.54) is 0 Å². The molecule has 0 aliphatic carbocycles. The zero-order chi connectivity index (χ0) is 15.0. The SMILES string of the molecule is COc1cc(C)nc(CN2CC(C)(C)NCC2(C)C)c1. The Hall–Kier alpha value is -1.13. The summed E-state index contributed by atoms with van der Waals surface area (Å²) in [6.07, 6.45) is 0. The van der Waals surface area contributed by atoms with E-state index in [0.29, 0.717) is 0 Å². The number of hydrogen-bond donors (Lipinski definition) is 1. The minimum atomic E-state index is 0.133. The molecule has 0 radical (unpaired) electrons. The zero-order valence-electron chi connectivity index (χ0n) is 13.6. The van der Waals surface area contributed by atoms with Crippen LogP contribution in [0.15, 0.2) is 12.1 Å². The van der Waals surface area contributed by atoms with Gasteiger partial charge in [-0.2, -0.15) is 0 Å². The van der Waals surface area contributed by atoms with Crippen LogP contribution in [0.3, 0.4) is 0 Å². The lowest BCUT2D eigenvalue weighted by Gasteiger charge is -2.49. The Labute approximate surface area is 122 Å². The third-order valence-corrected chi connectivity index (χ3v) is 4.01. The second-order valence-corrected chi connectivity index (χ2v) is 7.05. The third kappa shape index (κ3) is 3.49. The molecular formula is C16H27N3O. The lowest BCUT2D eigenvalue weighted by Crippen LogP contribution is -2.65. The smallest absolute Gasteiger partial charge is 0.122 e. The normalized spacial score (nSPS) is 21.7. The molecule has 1 fully saturated rings. The van der Waals surface area contributed by atoms with Crippen LogP contribution in [0.5, 0.6) is 5.75 Å². The standard InChI is InChI=1S/C16H27N3O/c1-12-7-14(20-6)8-13(18-12)9-19-11-15(2,3)17-10-16(19,4)5/h7-8,17H,9-11H2,1-6H3. The number of ether oxygens (including phenoxy) is 1. The number of hydrogen-bond acceptors (Lipinski definition) is 4. The molecule has 4 nitrogen and oxygen atoms in total. The molecule has 0 bridgehead atoms. The topological polar surface area (TPSA) is 37.4 Å². The largest absolute Gasteiger partial charge is 0.497 e. The van der Waals surface area contributed by atoms with Gasteiger partial charge in [-0.1, -0.05) is 0 Å². The fraction of sp³-hybridized carbons (Fsp3) is 0.688. The van der Waals surface area contributed by atoms with Crippen molar-refractivity contribution < 1.29 is 4.74 Å². The van der Waals surface area contributed by atoms with Crippen LogP contribution in [0.2, 0.25) is 0 Å². The molecular weight excluding hydrogens is 250 g/mol. The lowest BCUT2D eigenvalue weighted by atomic mass is 9.91. The van der Waals surface area contributed by atoms with Gasteiger partial charge in [-0.3, -0.25) is 9.88 Å². The maximum absolute atomic E-state index is 5.35. The number of methoxy groups -OCH3 is 1. The number of aromatic nitrogens is 1. The molecule has 1 aliphatic heterocycles. The van der Waals surface area contributed by atoms with Crippen molar-refractivity contribution in [2.75, 3.05) is 20.2 Å². The number of rotatable bonds is 3. The molecule has 2 rings (SSSR count). The summed E-state index contributed by atoms with van der Waals surface area (Å²) in [6, 6.07) is 4.01. The molecule has 0 unspecified atom stereocenters. The van der Waals surface area contributed by atoms with Crippen molar-refractivity contribution in [2.45, 2.75) is 52.2 Å². The Bertz CT molecular complexity index is 483. The van der Waals surface area contributed by atoms with Gasteiger partial charge in [-0.05, 0) is 34.6 Å². The number of aryl methyl sites for hydroxylation is 1. The first-order valence-electron chi connectivity index (χ1n) is 7.23. The summed E-state index contributed by atoms with van der Waals surface area (Å²) in [5, 5.41) is 3.61. The first-order valence-corrected chi connectivity index (χ1v) is 7.23. The van der Waals surface area contributed by atoms with Gasteiger partial charge in [-0.15, -0.1) is 0 Å². The van der Waals surface area contributed by atoms with Gasteiger partial charge in [0.15, 0.2) is 0 Å². The molecule has 0 saturated carbocycles. The minimum Gasteiger partial charge on any atom is -0.497 e. The number of nitrogens with one attached hydrogen (secondary N) is 1. The van der Waals surface area contributed by atoms with Crippen LogP contribution in [0.4, 0.5) is 0 Å². The maximum atomic E-state index is 5.35. The van der Waals surface area contributed by atoms with Crippen molar-refractivity contribution in [3.8, 4) is 5.75 Å². The fourth-order valence-electron chi connectivity index (χ4n) is 2.68. The van der Waals surface area contributed by atoms with Crippen molar-refractivity contribution >= 4 is 0 Å². The van der Waals surface area contributed by atoms with Gasteiger partial charge in [0, 0.05) is 48.5 Å². The van der Waals surface area contributed by atoms with E-state index in [1.807, 2.05) is 19.1 Å². The van der Waals surface area contributed by atoms with E-state index in [0.717, 1.165) is 36.8 Å². The van der Waals surface area contributed by atoms with Crippen molar-refractivity contribution in [1.82, 2.24) is 15.2 Å². The van der Waals surface area contributed by atoms with Crippen molar-refractivity contribution in [1.29, 1.82) is 0 Å². The number of pyridine rings is 1. The van der Waals surface area contributed by atoms with E-state index in [1.54, 1.807) is 7.11 Å². The van der Waals surface area contributed by atoms with E-state index in [4.69, 9.17) is 4.74 Å². The molecule has 1 aromatic rings. The highest BCUT2D eigenvalue weighted by molar-refractivity contribution is 5.26. The molecule has 1 saturated heterocycles. The molecule has 20 heavy (non-hydrogen) atoms. The predicted octanol–water partition coefficient (Wildman–Crippen LogP) is 2.36. The predicted molar refractivity (Wildman–Crippen MR) is 82.1 cm³/mol. The summed E-state index contributed by atoms with van der Waals surface area (Å²) in [6.45, 7) is 13.9. The maximum Gasteiger partial charge on any atom is 0.122 e. The molecule has 2 heterocycles. The third-order valence-electron chi connectivity index (χ3n) is 4.01. The Balaban J connectivity index is 2.20. The average molecular weight is 277 g/mol. The Morgan fingerprint density at radius 2 is 2.00 bits per heavy atom.